The molecule has 0 aliphatic rings. The van der Waals surface area contributed by atoms with Gasteiger partial charge in [0, 0.05) is 6.20 Å². The normalized spacial score (nSPS) is 9.43. The van der Waals surface area contributed by atoms with Crippen molar-refractivity contribution in [2.75, 3.05) is 11.1 Å². The molecule has 3 N–H and O–H groups in total. The fourth-order valence-corrected chi connectivity index (χ4v) is 1.55. The van der Waals surface area contributed by atoms with Crippen molar-refractivity contribution >= 4 is 17.4 Å². The van der Waals surface area contributed by atoms with Crippen LogP contribution in [0.1, 0.15) is 12.5 Å². The van der Waals surface area contributed by atoms with Crippen LogP contribution in [-0.2, 0) is 4.79 Å². The second kappa shape index (κ2) is 6.39. The lowest BCUT2D eigenvalue weighted by atomic mass is 10.3. The number of nitrogen functional groups attached to an aromatic ring is 1. The Balaban J connectivity index is 2.08. The van der Waals surface area contributed by atoms with Crippen molar-refractivity contribution in [2.45, 2.75) is 13.8 Å². The number of ether oxygens (including phenoxy) is 1. The molecule has 0 unspecified atom stereocenters. The van der Waals surface area contributed by atoms with Gasteiger partial charge >= 0.3 is 5.91 Å². The van der Waals surface area contributed by atoms with Gasteiger partial charge in [-0.1, -0.05) is 5.92 Å². The third-order valence-electron chi connectivity index (χ3n) is 2.45. The lowest BCUT2D eigenvalue weighted by molar-refractivity contribution is -0.111. The number of pyridine rings is 2. The van der Waals surface area contributed by atoms with E-state index in [0.29, 0.717) is 23.1 Å². The topological polar surface area (TPSA) is 90.1 Å². The molecule has 2 aromatic rings. The van der Waals surface area contributed by atoms with Gasteiger partial charge in [-0.25, -0.2) is 9.97 Å². The number of carbonyl (C=O) groups excluding carboxylic acids is 1. The molecule has 2 heterocycles. The lowest BCUT2D eigenvalue weighted by Crippen LogP contribution is -2.09. The number of nitrogens with two attached hydrogens (primary N) is 1. The Bertz CT molecular complexity index is 715. The highest BCUT2D eigenvalue weighted by atomic mass is 16.5. The molecule has 2 rings (SSSR count). The summed E-state index contributed by atoms with van der Waals surface area (Å²) in [5, 5.41) is 2.53. The Hall–Kier alpha value is -3.07. The van der Waals surface area contributed by atoms with Crippen LogP contribution < -0.4 is 15.8 Å². The van der Waals surface area contributed by atoms with Crippen molar-refractivity contribution < 1.29 is 9.53 Å². The molecule has 0 saturated heterocycles. The molecular formula is C15H14N4O2. The van der Waals surface area contributed by atoms with Gasteiger partial charge in [0.15, 0.2) is 0 Å². The highest BCUT2D eigenvalue weighted by Crippen LogP contribution is 2.25. The van der Waals surface area contributed by atoms with Crippen LogP contribution in [0.3, 0.4) is 0 Å². The second-order valence-corrected chi connectivity index (χ2v) is 4.22. The monoisotopic (exact) mass is 282 g/mol. The first kappa shape index (κ1) is 14.3. The maximum atomic E-state index is 11.3. The van der Waals surface area contributed by atoms with Crippen LogP contribution in [0.25, 0.3) is 0 Å². The van der Waals surface area contributed by atoms with Gasteiger partial charge in [0.2, 0.25) is 5.88 Å². The van der Waals surface area contributed by atoms with Gasteiger partial charge < -0.3 is 10.5 Å². The van der Waals surface area contributed by atoms with E-state index in [1.165, 1.54) is 6.20 Å². The summed E-state index contributed by atoms with van der Waals surface area (Å²) in [6.45, 7) is 3.48. The lowest BCUT2D eigenvalue weighted by Gasteiger charge is -2.08. The zero-order valence-corrected chi connectivity index (χ0v) is 11.7. The maximum Gasteiger partial charge on any atom is 0.301 e. The molecule has 6 nitrogen and oxygen atoms in total. The molecule has 2 aromatic heterocycles. The first-order valence-corrected chi connectivity index (χ1v) is 6.18. The van der Waals surface area contributed by atoms with Gasteiger partial charge in [0.25, 0.3) is 0 Å². The highest BCUT2D eigenvalue weighted by Gasteiger charge is 2.05. The number of hydrogen-bond acceptors (Lipinski definition) is 5. The molecular weight excluding hydrogens is 268 g/mol. The number of hydrogen-bond donors (Lipinski definition) is 2. The van der Waals surface area contributed by atoms with Gasteiger partial charge in [0.05, 0.1) is 11.9 Å². The molecule has 0 aliphatic heterocycles. The molecule has 106 valence electrons. The Labute approximate surface area is 122 Å². The van der Waals surface area contributed by atoms with Crippen LogP contribution in [0, 0.1) is 18.8 Å². The summed E-state index contributed by atoms with van der Waals surface area (Å²) in [7, 11) is 0. The third-order valence-corrected chi connectivity index (χ3v) is 2.45. The van der Waals surface area contributed by atoms with Crippen LogP contribution in [0.5, 0.6) is 11.6 Å². The SMILES string of the molecule is CC#CC(=O)Nc1ccc(Oc2ncc(C)cc2N)cn1. The van der Waals surface area contributed by atoms with Crippen molar-refractivity contribution in [1.29, 1.82) is 0 Å². The predicted molar refractivity (Wildman–Crippen MR) is 79.8 cm³/mol. The summed E-state index contributed by atoms with van der Waals surface area (Å²) in [5.74, 6) is 5.63. The summed E-state index contributed by atoms with van der Waals surface area (Å²) >= 11 is 0. The number of nitrogens with zero attached hydrogens (tertiary/aromatic N) is 2. The number of aryl methyl sites for hydroxylation is 1. The van der Waals surface area contributed by atoms with Crippen molar-refractivity contribution in [2.24, 2.45) is 0 Å². The van der Waals surface area contributed by atoms with Crippen LogP contribution in [-0.4, -0.2) is 15.9 Å². The van der Waals surface area contributed by atoms with Crippen LogP contribution in [0.2, 0.25) is 0 Å². The van der Waals surface area contributed by atoms with Crippen molar-refractivity contribution in [1.82, 2.24) is 9.97 Å². The van der Waals surface area contributed by atoms with E-state index in [4.69, 9.17) is 10.5 Å². The van der Waals surface area contributed by atoms with E-state index in [1.54, 1.807) is 31.3 Å². The summed E-state index contributed by atoms with van der Waals surface area (Å²) < 4.78 is 5.53. The molecule has 0 radical (unpaired) electrons. The minimum Gasteiger partial charge on any atom is -0.435 e. The average Bonchev–Trinajstić information content (AvgIpc) is 2.44. The fraction of sp³-hybridized carbons (Fsp3) is 0.133. The number of aromatic nitrogens is 2. The highest BCUT2D eigenvalue weighted by molar-refractivity contribution is 6.03. The molecule has 0 fully saturated rings. The third kappa shape index (κ3) is 3.94. The molecule has 6 heteroatoms. The Morgan fingerprint density at radius 1 is 1.33 bits per heavy atom. The quantitative estimate of drug-likeness (QED) is 0.841. The summed E-state index contributed by atoms with van der Waals surface area (Å²) in [4.78, 5) is 19.4. The Morgan fingerprint density at radius 2 is 2.14 bits per heavy atom. The zero-order valence-electron chi connectivity index (χ0n) is 11.7. The van der Waals surface area contributed by atoms with Gasteiger partial charge in [0.1, 0.15) is 11.6 Å². The largest absolute Gasteiger partial charge is 0.435 e. The van der Waals surface area contributed by atoms with E-state index in [1.807, 2.05) is 6.92 Å². The van der Waals surface area contributed by atoms with E-state index in [9.17, 15) is 4.79 Å². The first-order chi connectivity index (χ1) is 10.1. The molecule has 0 bridgehead atoms. The Kier molecular flexibility index (Phi) is 4.36. The summed E-state index contributed by atoms with van der Waals surface area (Å²) in [6, 6.07) is 5.03. The van der Waals surface area contributed by atoms with Crippen molar-refractivity contribution in [3.05, 3.63) is 36.2 Å². The Morgan fingerprint density at radius 3 is 2.76 bits per heavy atom. The minimum absolute atomic E-state index is 0.316. The molecule has 21 heavy (non-hydrogen) atoms. The van der Waals surface area contributed by atoms with E-state index in [0.717, 1.165) is 5.56 Å². The number of nitrogens with one attached hydrogen (secondary N) is 1. The first-order valence-electron chi connectivity index (χ1n) is 6.18. The zero-order chi connectivity index (χ0) is 15.2. The predicted octanol–water partition coefficient (Wildman–Crippen LogP) is 2.12. The van der Waals surface area contributed by atoms with E-state index >= 15 is 0 Å². The fourth-order valence-electron chi connectivity index (χ4n) is 1.55. The molecule has 0 aliphatic carbocycles. The second-order valence-electron chi connectivity index (χ2n) is 4.22. The minimum atomic E-state index is -0.414. The smallest absolute Gasteiger partial charge is 0.301 e. The molecule has 0 saturated carbocycles. The van der Waals surface area contributed by atoms with Crippen LogP contribution in [0.15, 0.2) is 30.6 Å². The van der Waals surface area contributed by atoms with Gasteiger partial charge in [-0.15, -0.1) is 0 Å². The summed E-state index contributed by atoms with van der Waals surface area (Å²) in [6.07, 6.45) is 3.13. The molecule has 0 aromatic carbocycles. The molecule has 0 atom stereocenters. The van der Waals surface area contributed by atoms with Gasteiger partial charge in [-0.05, 0) is 43.5 Å². The average molecular weight is 282 g/mol. The number of amides is 1. The molecule has 0 spiro atoms. The maximum absolute atomic E-state index is 11.3. The van der Waals surface area contributed by atoms with Gasteiger partial charge in [-0.3, -0.25) is 10.1 Å². The van der Waals surface area contributed by atoms with Gasteiger partial charge in [-0.2, -0.15) is 0 Å². The van der Waals surface area contributed by atoms with E-state index in [-0.39, 0.29) is 0 Å². The summed E-state index contributed by atoms with van der Waals surface area (Å²) in [5.41, 5.74) is 7.22. The van der Waals surface area contributed by atoms with E-state index in [2.05, 4.69) is 27.1 Å². The standard InChI is InChI=1S/C15H14N4O2/c1-3-4-14(20)19-13-6-5-11(9-17-13)21-15-12(16)7-10(2)8-18-15/h5-9H,16H2,1-2H3,(H,17,19,20). The number of carbonyl (C=O) groups is 1. The van der Waals surface area contributed by atoms with Crippen LogP contribution >= 0.6 is 0 Å². The van der Waals surface area contributed by atoms with E-state index < -0.39 is 5.91 Å². The number of rotatable bonds is 3. The molecule has 1 amide bonds. The van der Waals surface area contributed by atoms with Crippen LogP contribution in [0.4, 0.5) is 11.5 Å². The number of anilines is 2. The van der Waals surface area contributed by atoms with Crippen molar-refractivity contribution in [3.63, 3.8) is 0 Å². The van der Waals surface area contributed by atoms with Crippen molar-refractivity contribution in [3.8, 4) is 23.5 Å².